The van der Waals surface area contributed by atoms with E-state index in [0.717, 1.165) is 35.1 Å². The van der Waals surface area contributed by atoms with Crippen LogP contribution in [0.2, 0.25) is 0 Å². The average molecular weight is 327 g/mol. The minimum atomic E-state index is 0.0782. The first kappa shape index (κ1) is 14.3. The predicted octanol–water partition coefficient (Wildman–Crippen LogP) is 3.29. The summed E-state index contributed by atoms with van der Waals surface area (Å²) in [6.45, 7) is 5.34. The summed E-state index contributed by atoms with van der Waals surface area (Å²) in [5, 5.41) is 1.73. The number of allylic oxidation sites excluding steroid dienone is 2. The molecule has 0 aromatic heterocycles. The SMILES string of the molecule is CCCON1C=C(CCC)C(=O)N2CC(Br)=CC=C12. The van der Waals surface area contributed by atoms with Gasteiger partial charge < -0.3 is 0 Å². The molecule has 2 aliphatic rings. The van der Waals surface area contributed by atoms with Crippen LogP contribution < -0.4 is 0 Å². The van der Waals surface area contributed by atoms with Gasteiger partial charge in [0.05, 0.1) is 13.2 Å². The lowest BCUT2D eigenvalue weighted by molar-refractivity contribution is -0.144. The van der Waals surface area contributed by atoms with Gasteiger partial charge in [0.15, 0.2) is 0 Å². The molecule has 2 rings (SSSR count). The van der Waals surface area contributed by atoms with Crippen molar-refractivity contribution in [1.82, 2.24) is 9.96 Å². The second-order valence-corrected chi connectivity index (χ2v) is 5.61. The Morgan fingerprint density at radius 2 is 2.11 bits per heavy atom. The summed E-state index contributed by atoms with van der Waals surface area (Å²) in [7, 11) is 0. The van der Waals surface area contributed by atoms with Crippen molar-refractivity contribution < 1.29 is 9.63 Å². The van der Waals surface area contributed by atoms with E-state index in [0.29, 0.717) is 13.2 Å². The fourth-order valence-corrected chi connectivity index (χ4v) is 2.46. The van der Waals surface area contributed by atoms with Crippen LogP contribution in [0.15, 0.2) is 34.2 Å². The number of amides is 1. The average Bonchev–Trinajstić information content (AvgIpc) is 2.41. The zero-order valence-corrected chi connectivity index (χ0v) is 12.9. The maximum Gasteiger partial charge on any atom is 0.257 e. The van der Waals surface area contributed by atoms with Crippen LogP contribution in [0.4, 0.5) is 0 Å². The van der Waals surface area contributed by atoms with Gasteiger partial charge in [0.2, 0.25) is 0 Å². The Labute approximate surface area is 122 Å². The first-order valence-corrected chi connectivity index (χ1v) is 7.47. The normalized spacial score (nSPS) is 18.9. The molecule has 0 N–H and O–H groups in total. The Kier molecular flexibility index (Phi) is 4.82. The van der Waals surface area contributed by atoms with E-state index in [2.05, 4.69) is 29.8 Å². The quantitative estimate of drug-likeness (QED) is 0.777. The number of carbonyl (C=O) groups excluding carboxylic acids is 1. The molecule has 2 heterocycles. The molecule has 4 nitrogen and oxygen atoms in total. The number of carbonyl (C=O) groups is 1. The highest BCUT2D eigenvalue weighted by Gasteiger charge is 2.32. The maximum absolute atomic E-state index is 12.4. The molecule has 0 radical (unpaired) electrons. The van der Waals surface area contributed by atoms with Crippen LogP contribution in [0.5, 0.6) is 0 Å². The third kappa shape index (κ3) is 3.09. The van der Waals surface area contributed by atoms with Gasteiger partial charge in [-0.15, -0.1) is 0 Å². The second-order valence-electron chi connectivity index (χ2n) is 4.59. The van der Waals surface area contributed by atoms with Crippen molar-refractivity contribution in [1.29, 1.82) is 0 Å². The fraction of sp³-hybridized carbons (Fsp3) is 0.500. The van der Waals surface area contributed by atoms with Crippen molar-refractivity contribution in [2.75, 3.05) is 13.2 Å². The largest absolute Gasteiger partial charge is 0.288 e. The smallest absolute Gasteiger partial charge is 0.257 e. The van der Waals surface area contributed by atoms with Gasteiger partial charge in [-0.25, -0.2) is 5.06 Å². The Bertz CT molecular complexity index is 454. The number of hydrogen-bond donors (Lipinski definition) is 0. The van der Waals surface area contributed by atoms with Gasteiger partial charge in [-0.3, -0.25) is 14.5 Å². The van der Waals surface area contributed by atoms with E-state index in [9.17, 15) is 4.79 Å². The topological polar surface area (TPSA) is 32.8 Å². The number of hydrogen-bond acceptors (Lipinski definition) is 3. The van der Waals surface area contributed by atoms with Crippen LogP contribution in [0.1, 0.15) is 33.1 Å². The Morgan fingerprint density at radius 1 is 1.32 bits per heavy atom. The van der Waals surface area contributed by atoms with Gasteiger partial charge in [-0.1, -0.05) is 36.2 Å². The zero-order valence-electron chi connectivity index (χ0n) is 11.4. The summed E-state index contributed by atoms with van der Waals surface area (Å²) in [6, 6.07) is 0. The molecule has 0 aliphatic carbocycles. The molecule has 2 aliphatic heterocycles. The lowest BCUT2D eigenvalue weighted by Gasteiger charge is -2.37. The van der Waals surface area contributed by atoms with E-state index in [-0.39, 0.29) is 5.91 Å². The van der Waals surface area contributed by atoms with Crippen molar-refractivity contribution in [3.63, 3.8) is 0 Å². The molecule has 19 heavy (non-hydrogen) atoms. The molecule has 5 heteroatoms. The molecule has 104 valence electrons. The monoisotopic (exact) mass is 326 g/mol. The number of hydroxylamine groups is 2. The number of halogens is 1. The molecular weight excluding hydrogens is 308 g/mol. The molecule has 0 bridgehead atoms. The highest BCUT2D eigenvalue weighted by Crippen LogP contribution is 2.29. The lowest BCUT2D eigenvalue weighted by atomic mass is 10.1. The van der Waals surface area contributed by atoms with Crippen molar-refractivity contribution in [3.05, 3.63) is 34.2 Å². The van der Waals surface area contributed by atoms with Gasteiger partial charge in [-0.2, -0.15) is 0 Å². The first-order chi connectivity index (χ1) is 9.17. The van der Waals surface area contributed by atoms with Crippen molar-refractivity contribution >= 4 is 21.8 Å². The van der Waals surface area contributed by atoms with E-state index >= 15 is 0 Å². The maximum atomic E-state index is 12.4. The molecule has 0 saturated carbocycles. The van der Waals surface area contributed by atoms with Crippen molar-refractivity contribution in [2.45, 2.75) is 33.1 Å². The van der Waals surface area contributed by atoms with Crippen LogP contribution in [-0.4, -0.2) is 29.0 Å². The van der Waals surface area contributed by atoms with Crippen molar-refractivity contribution in [3.8, 4) is 0 Å². The summed E-state index contributed by atoms with van der Waals surface area (Å²) in [4.78, 5) is 19.9. The summed E-state index contributed by atoms with van der Waals surface area (Å²) >= 11 is 3.45. The van der Waals surface area contributed by atoms with Gasteiger partial charge in [0.1, 0.15) is 5.82 Å². The standard InChI is InChI=1S/C14H19BrN2O2/c1-3-5-11-9-17(19-8-4-2)13-7-6-12(15)10-16(13)14(11)18/h6-7,9H,3-5,8,10H2,1-2H3. The highest BCUT2D eigenvalue weighted by molar-refractivity contribution is 9.11. The molecule has 0 spiro atoms. The Morgan fingerprint density at radius 3 is 2.79 bits per heavy atom. The first-order valence-electron chi connectivity index (χ1n) is 6.68. The van der Waals surface area contributed by atoms with E-state index < -0.39 is 0 Å². The molecular formula is C14H19BrN2O2. The Hall–Kier alpha value is -1.07. The third-order valence-corrected chi connectivity index (χ3v) is 3.49. The van der Waals surface area contributed by atoms with Gasteiger partial charge in [0, 0.05) is 16.3 Å². The molecule has 0 aromatic carbocycles. The van der Waals surface area contributed by atoms with Crippen LogP contribution in [0.25, 0.3) is 0 Å². The van der Waals surface area contributed by atoms with Gasteiger partial charge >= 0.3 is 0 Å². The minimum Gasteiger partial charge on any atom is -0.288 e. The molecule has 1 amide bonds. The highest BCUT2D eigenvalue weighted by atomic mass is 79.9. The van der Waals surface area contributed by atoms with E-state index in [1.54, 1.807) is 9.96 Å². The van der Waals surface area contributed by atoms with E-state index in [1.807, 2.05) is 18.4 Å². The zero-order chi connectivity index (χ0) is 13.8. The number of nitrogens with zero attached hydrogens (tertiary/aromatic N) is 2. The minimum absolute atomic E-state index is 0.0782. The van der Waals surface area contributed by atoms with Gasteiger partial charge in [0.25, 0.3) is 5.91 Å². The summed E-state index contributed by atoms with van der Waals surface area (Å²) in [5.41, 5.74) is 0.804. The number of rotatable bonds is 5. The fourth-order valence-electron chi connectivity index (χ4n) is 2.08. The molecule has 0 saturated heterocycles. The predicted molar refractivity (Wildman–Crippen MR) is 77.9 cm³/mol. The van der Waals surface area contributed by atoms with E-state index in [4.69, 9.17) is 4.84 Å². The second kappa shape index (κ2) is 6.39. The van der Waals surface area contributed by atoms with Gasteiger partial charge in [-0.05, 0) is 25.0 Å². The molecule has 0 fully saturated rings. The van der Waals surface area contributed by atoms with Crippen LogP contribution >= 0.6 is 15.9 Å². The van der Waals surface area contributed by atoms with E-state index in [1.165, 1.54) is 0 Å². The summed E-state index contributed by atoms with van der Waals surface area (Å²) < 4.78 is 0.998. The molecule has 0 atom stereocenters. The Balaban J connectivity index is 2.29. The van der Waals surface area contributed by atoms with Crippen molar-refractivity contribution in [2.24, 2.45) is 0 Å². The lowest BCUT2D eigenvalue weighted by Crippen LogP contribution is -2.44. The third-order valence-electron chi connectivity index (χ3n) is 2.97. The van der Waals surface area contributed by atoms with Crippen LogP contribution in [-0.2, 0) is 9.63 Å². The molecule has 0 aromatic rings. The van der Waals surface area contributed by atoms with Crippen LogP contribution in [0.3, 0.4) is 0 Å². The summed E-state index contributed by atoms with van der Waals surface area (Å²) in [5.74, 6) is 0.871. The summed E-state index contributed by atoms with van der Waals surface area (Å²) in [6.07, 6.45) is 8.35. The number of fused-ring (bicyclic) bond motifs is 1. The molecule has 0 unspecified atom stereocenters. The van der Waals surface area contributed by atoms with Crippen LogP contribution in [0, 0.1) is 0 Å².